The van der Waals surface area contributed by atoms with Gasteiger partial charge >= 0.3 is 0 Å². The zero-order valence-corrected chi connectivity index (χ0v) is 7.73. The molecule has 1 aromatic rings. The molecule has 3 heteroatoms. The first kappa shape index (κ1) is 9.49. The molecule has 0 saturated heterocycles. The van der Waals surface area contributed by atoms with Gasteiger partial charge in [0.1, 0.15) is 5.82 Å². The molecule has 0 radical (unpaired) electrons. The number of ether oxygens (including phenoxy) is 1. The zero-order chi connectivity index (χ0) is 9.14. The normalized spacial score (nSPS) is 13.0. The van der Waals surface area contributed by atoms with Crippen LogP contribution in [0, 0.1) is 5.82 Å². The second-order valence-corrected chi connectivity index (χ2v) is 2.98. The van der Waals surface area contributed by atoms with Gasteiger partial charge in [-0.3, -0.25) is 0 Å². The summed E-state index contributed by atoms with van der Waals surface area (Å²) in [5.74, 6) is -0.322. The van der Waals surface area contributed by atoms with Crippen LogP contribution in [0.1, 0.15) is 18.6 Å². The molecule has 0 saturated carbocycles. The van der Waals surface area contributed by atoms with Crippen molar-refractivity contribution < 1.29 is 9.13 Å². The Bertz CT molecular complexity index is 275. The van der Waals surface area contributed by atoms with Crippen LogP contribution in [0.4, 0.5) is 4.39 Å². The summed E-state index contributed by atoms with van der Waals surface area (Å²) in [4.78, 5) is 0. The maximum atomic E-state index is 13.1. The van der Waals surface area contributed by atoms with E-state index in [2.05, 4.69) is 0 Å². The van der Waals surface area contributed by atoms with Gasteiger partial charge in [0.2, 0.25) is 0 Å². The van der Waals surface area contributed by atoms with E-state index in [1.165, 1.54) is 6.07 Å². The van der Waals surface area contributed by atoms with Crippen LogP contribution in [0.5, 0.6) is 0 Å². The standard InChI is InChI=1S/C9H10ClFO/c1-6(12-2)8-4-3-7(10)5-9(8)11/h3-6H,1-2H3. The first-order chi connectivity index (χ1) is 5.65. The minimum Gasteiger partial charge on any atom is -0.377 e. The molecule has 66 valence electrons. The molecule has 0 heterocycles. The van der Waals surface area contributed by atoms with Crippen LogP contribution < -0.4 is 0 Å². The Morgan fingerprint density at radius 2 is 2.17 bits per heavy atom. The Balaban J connectivity index is 3.01. The van der Waals surface area contributed by atoms with E-state index in [0.29, 0.717) is 10.6 Å². The maximum absolute atomic E-state index is 13.1. The van der Waals surface area contributed by atoms with Gasteiger partial charge in [0, 0.05) is 17.7 Å². The van der Waals surface area contributed by atoms with Gasteiger partial charge in [0.15, 0.2) is 0 Å². The van der Waals surface area contributed by atoms with Crippen molar-refractivity contribution >= 4 is 11.6 Å². The van der Waals surface area contributed by atoms with Gasteiger partial charge in [0.25, 0.3) is 0 Å². The van der Waals surface area contributed by atoms with E-state index in [1.807, 2.05) is 0 Å². The second-order valence-electron chi connectivity index (χ2n) is 2.54. The van der Waals surface area contributed by atoms with Crippen LogP contribution >= 0.6 is 11.6 Å². The summed E-state index contributed by atoms with van der Waals surface area (Å²) in [6.45, 7) is 1.78. The fourth-order valence-electron chi connectivity index (χ4n) is 0.958. The van der Waals surface area contributed by atoms with Crippen molar-refractivity contribution in [3.63, 3.8) is 0 Å². The molecule has 1 atom stereocenters. The van der Waals surface area contributed by atoms with Gasteiger partial charge in [0.05, 0.1) is 6.10 Å². The molecule has 12 heavy (non-hydrogen) atoms. The Morgan fingerprint density at radius 1 is 1.50 bits per heavy atom. The lowest BCUT2D eigenvalue weighted by Crippen LogP contribution is -1.98. The van der Waals surface area contributed by atoms with E-state index in [1.54, 1.807) is 26.2 Å². The van der Waals surface area contributed by atoms with E-state index < -0.39 is 0 Å². The third-order valence-corrected chi connectivity index (χ3v) is 1.99. The van der Waals surface area contributed by atoms with Crippen molar-refractivity contribution in [2.45, 2.75) is 13.0 Å². The van der Waals surface area contributed by atoms with Gasteiger partial charge in [-0.05, 0) is 19.1 Å². The van der Waals surface area contributed by atoms with Crippen LogP contribution in [0.15, 0.2) is 18.2 Å². The number of halogens is 2. The van der Waals surface area contributed by atoms with E-state index in [9.17, 15) is 4.39 Å². The summed E-state index contributed by atoms with van der Waals surface area (Å²) >= 11 is 5.58. The van der Waals surface area contributed by atoms with Crippen molar-refractivity contribution in [1.82, 2.24) is 0 Å². The fraction of sp³-hybridized carbons (Fsp3) is 0.333. The predicted octanol–water partition coefficient (Wildman–Crippen LogP) is 3.19. The van der Waals surface area contributed by atoms with E-state index in [0.717, 1.165) is 0 Å². The summed E-state index contributed by atoms with van der Waals surface area (Å²) in [5, 5.41) is 0.402. The van der Waals surface area contributed by atoms with Gasteiger partial charge < -0.3 is 4.74 Å². The van der Waals surface area contributed by atoms with Crippen molar-refractivity contribution in [2.75, 3.05) is 7.11 Å². The van der Waals surface area contributed by atoms with Crippen LogP contribution in [0.3, 0.4) is 0 Å². The Labute approximate surface area is 76.1 Å². The summed E-state index contributed by atoms with van der Waals surface area (Å²) in [5.41, 5.74) is 0.530. The molecule has 0 spiro atoms. The van der Waals surface area contributed by atoms with E-state index in [4.69, 9.17) is 16.3 Å². The lowest BCUT2D eigenvalue weighted by molar-refractivity contribution is 0.116. The predicted molar refractivity (Wildman–Crippen MR) is 46.8 cm³/mol. The highest BCUT2D eigenvalue weighted by Crippen LogP contribution is 2.22. The highest BCUT2D eigenvalue weighted by atomic mass is 35.5. The number of hydrogen-bond acceptors (Lipinski definition) is 1. The van der Waals surface area contributed by atoms with Crippen LogP contribution in [-0.4, -0.2) is 7.11 Å². The first-order valence-electron chi connectivity index (χ1n) is 3.63. The molecule has 1 rings (SSSR count). The first-order valence-corrected chi connectivity index (χ1v) is 4.00. The summed E-state index contributed by atoms with van der Waals surface area (Å²) < 4.78 is 18.1. The highest BCUT2D eigenvalue weighted by molar-refractivity contribution is 6.30. The molecule has 0 N–H and O–H groups in total. The van der Waals surface area contributed by atoms with Crippen LogP contribution in [0.25, 0.3) is 0 Å². The Morgan fingerprint density at radius 3 is 2.67 bits per heavy atom. The summed E-state index contributed by atoms with van der Waals surface area (Å²) in [6, 6.07) is 4.56. The zero-order valence-electron chi connectivity index (χ0n) is 6.97. The Hall–Kier alpha value is -0.600. The second kappa shape index (κ2) is 3.87. The lowest BCUT2D eigenvalue weighted by Gasteiger charge is -2.10. The molecule has 1 nitrogen and oxygen atoms in total. The minimum atomic E-state index is -0.322. The topological polar surface area (TPSA) is 9.23 Å². The monoisotopic (exact) mass is 188 g/mol. The number of methoxy groups -OCH3 is 1. The SMILES string of the molecule is COC(C)c1ccc(Cl)cc1F. The summed E-state index contributed by atoms with van der Waals surface area (Å²) in [6.07, 6.45) is -0.234. The van der Waals surface area contributed by atoms with Crippen LogP contribution in [0.2, 0.25) is 5.02 Å². The molecule has 1 unspecified atom stereocenters. The van der Waals surface area contributed by atoms with Crippen molar-refractivity contribution in [3.05, 3.63) is 34.6 Å². The lowest BCUT2D eigenvalue weighted by atomic mass is 10.1. The third-order valence-electron chi connectivity index (χ3n) is 1.75. The van der Waals surface area contributed by atoms with E-state index in [-0.39, 0.29) is 11.9 Å². The molecule has 0 aliphatic carbocycles. The molecule has 0 bridgehead atoms. The van der Waals surface area contributed by atoms with Gasteiger partial charge in [-0.1, -0.05) is 17.7 Å². The molecule has 0 aromatic heterocycles. The molecule has 1 aromatic carbocycles. The smallest absolute Gasteiger partial charge is 0.130 e. The molecule has 0 aliphatic rings. The maximum Gasteiger partial charge on any atom is 0.130 e. The third kappa shape index (κ3) is 1.96. The van der Waals surface area contributed by atoms with E-state index >= 15 is 0 Å². The summed E-state index contributed by atoms with van der Waals surface area (Å²) in [7, 11) is 1.54. The van der Waals surface area contributed by atoms with Gasteiger partial charge in [-0.2, -0.15) is 0 Å². The van der Waals surface area contributed by atoms with Gasteiger partial charge in [-0.15, -0.1) is 0 Å². The quantitative estimate of drug-likeness (QED) is 0.693. The number of rotatable bonds is 2. The van der Waals surface area contributed by atoms with Crippen molar-refractivity contribution in [3.8, 4) is 0 Å². The largest absolute Gasteiger partial charge is 0.377 e. The van der Waals surface area contributed by atoms with Crippen molar-refractivity contribution in [1.29, 1.82) is 0 Å². The fourth-order valence-corrected chi connectivity index (χ4v) is 1.12. The molecule has 0 fully saturated rings. The van der Waals surface area contributed by atoms with Crippen molar-refractivity contribution in [2.24, 2.45) is 0 Å². The number of hydrogen-bond donors (Lipinski definition) is 0. The van der Waals surface area contributed by atoms with Gasteiger partial charge in [-0.25, -0.2) is 4.39 Å². The molecular weight excluding hydrogens is 179 g/mol. The molecule has 0 aliphatic heterocycles. The average Bonchev–Trinajstić information content (AvgIpc) is 2.03. The average molecular weight is 189 g/mol. The Kier molecular flexibility index (Phi) is 3.06. The molecular formula is C9H10ClFO. The van der Waals surface area contributed by atoms with Crippen LogP contribution in [-0.2, 0) is 4.74 Å². The highest BCUT2D eigenvalue weighted by Gasteiger charge is 2.09. The number of benzene rings is 1. The molecule has 0 amide bonds. The minimum absolute atomic E-state index is 0.234.